The van der Waals surface area contributed by atoms with Crippen LogP contribution in [0.2, 0.25) is 0 Å². The van der Waals surface area contributed by atoms with Gasteiger partial charge < -0.3 is 10.4 Å². The molecule has 0 bridgehead atoms. The molecule has 0 amide bonds. The molecule has 1 aromatic rings. The summed E-state index contributed by atoms with van der Waals surface area (Å²) in [5.74, 6) is 0. The van der Waals surface area contributed by atoms with E-state index < -0.39 is 0 Å². The zero-order valence-corrected chi connectivity index (χ0v) is 9.04. The Labute approximate surface area is 84.7 Å². The Morgan fingerprint density at radius 1 is 1.57 bits per heavy atom. The number of nitrogens with zero attached hydrogens (tertiary/aromatic N) is 1. The number of rotatable bonds is 5. The second kappa shape index (κ2) is 5.12. The minimum Gasteiger partial charge on any atom is -0.393 e. The van der Waals surface area contributed by atoms with Crippen molar-refractivity contribution in [1.82, 2.24) is 15.5 Å². The van der Waals surface area contributed by atoms with Crippen LogP contribution in [-0.2, 0) is 0 Å². The molecule has 1 aromatic heterocycles. The van der Waals surface area contributed by atoms with Gasteiger partial charge in [-0.15, -0.1) is 0 Å². The number of aliphatic hydroxyl groups is 1. The summed E-state index contributed by atoms with van der Waals surface area (Å²) in [5.41, 5.74) is 2.29. The van der Waals surface area contributed by atoms with Crippen molar-refractivity contribution in [3.63, 3.8) is 0 Å². The van der Waals surface area contributed by atoms with Gasteiger partial charge in [-0.05, 0) is 33.7 Å². The van der Waals surface area contributed by atoms with E-state index in [9.17, 15) is 0 Å². The summed E-state index contributed by atoms with van der Waals surface area (Å²) < 4.78 is 0. The van der Waals surface area contributed by atoms with Crippen LogP contribution < -0.4 is 5.32 Å². The molecule has 4 heteroatoms. The van der Waals surface area contributed by atoms with Crippen LogP contribution in [0, 0.1) is 6.92 Å². The van der Waals surface area contributed by atoms with Gasteiger partial charge in [-0.2, -0.15) is 5.10 Å². The maximum Gasteiger partial charge on any atom is 0.0537 e. The van der Waals surface area contributed by atoms with Gasteiger partial charge in [-0.1, -0.05) is 0 Å². The first-order valence-corrected chi connectivity index (χ1v) is 5.02. The molecule has 0 aliphatic heterocycles. The van der Waals surface area contributed by atoms with E-state index in [1.165, 1.54) is 5.56 Å². The first-order valence-electron chi connectivity index (χ1n) is 5.02. The summed E-state index contributed by atoms with van der Waals surface area (Å²) in [7, 11) is 0. The van der Waals surface area contributed by atoms with Gasteiger partial charge in [0.05, 0.1) is 12.3 Å². The zero-order valence-electron chi connectivity index (χ0n) is 9.04. The molecular weight excluding hydrogens is 178 g/mol. The van der Waals surface area contributed by atoms with E-state index in [0.29, 0.717) is 0 Å². The monoisotopic (exact) mass is 197 g/mol. The van der Waals surface area contributed by atoms with Crippen LogP contribution in [0.25, 0.3) is 0 Å². The van der Waals surface area contributed by atoms with Gasteiger partial charge >= 0.3 is 0 Å². The molecule has 0 aliphatic carbocycles. The average Bonchev–Trinajstić information content (AvgIpc) is 2.50. The smallest absolute Gasteiger partial charge is 0.0537 e. The van der Waals surface area contributed by atoms with Crippen molar-refractivity contribution in [1.29, 1.82) is 0 Å². The van der Waals surface area contributed by atoms with Crippen molar-refractivity contribution in [3.05, 3.63) is 17.5 Å². The summed E-state index contributed by atoms with van der Waals surface area (Å²) in [4.78, 5) is 0. The first kappa shape index (κ1) is 11.2. The van der Waals surface area contributed by atoms with Crippen molar-refractivity contribution >= 4 is 0 Å². The van der Waals surface area contributed by atoms with E-state index in [4.69, 9.17) is 5.11 Å². The lowest BCUT2D eigenvalue weighted by Crippen LogP contribution is -2.22. The summed E-state index contributed by atoms with van der Waals surface area (Å²) >= 11 is 0. The van der Waals surface area contributed by atoms with Crippen molar-refractivity contribution in [2.75, 3.05) is 6.54 Å². The number of aryl methyl sites for hydroxylation is 1. The van der Waals surface area contributed by atoms with Crippen LogP contribution in [0.15, 0.2) is 6.20 Å². The molecule has 80 valence electrons. The van der Waals surface area contributed by atoms with Gasteiger partial charge in [-0.3, -0.25) is 5.10 Å². The van der Waals surface area contributed by atoms with Crippen LogP contribution >= 0.6 is 0 Å². The van der Waals surface area contributed by atoms with E-state index in [2.05, 4.69) is 22.4 Å². The molecule has 0 aliphatic rings. The molecule has 0 spiro atoms. The normalized spacial score (nSPS) is 15.4. The third-order valence-corrected chi connectivity index (χ3v) is 2.35. The number of aromatic nitrogens is 2. The number of aliphatic hydroxyl groups excluding tert-OH is 1. The SMILES string of the molecule is Cc1[nH]ncc1C(C)NCCC(C)O. The van der Waals surface area contributed by atoms with Gasteiger partial charge in [0.1, 0.15) is 0 Å². The highest BCUT2D eigenvalue weighted by Crippen LogP contribution is 2.13. The molecule has 0 saturated heterocycles. The summed E-state index contributed by atoms with van der Waals surface area (Å²) in [6.45, 7) is 6.73. The van der Waals surface area contributed by atoms with E-state index in [0.717, 1.165) is 18.7 Å². The Balaban J connectivity index is 2.36. The minimum absolute atomic E-state index is 0.236. The molecule has 0 saturated carbocycles. The van der Waals surface area contributed by atoms with Crippen LogP contribution in [0.5, 0.6) is 0 Å². The Morgan fingerprint density at radius 2 is 2.29 bits per heavy atom. The molecule has 3 N–H and O–H groups in total. The topological polar surface area (TPSA) is 60.9 Å². The highest BCUT2D eigenvalue weighted by molar-refractivity contribution is 5.18. The predicted molar refractivity (Wildman–Crippen MR) is 56.0 cm³/mol. The van der Waals surface area contributed by atoms with Gasteiger partial charge in [0.25, 0.3) is 0 Å². The Kier molecular flexibility index (Phi) is 4.10. The van der Waals surface area contributed by atoms with Crippen LogP contribution in [0.3, 0.4) is 0 Å². The van der Waals surface area contributed by atoms with E-state index >= 15 is 0 Å². The molecule has 0 aromatic carbocycles. The number of hydrogen-bond donors (Lipinski definition) is 3. The van der Waals surface area contributed by atoms with E-state index in [-0.39, 0.29) is 12.1 Å². The maximum atomic E-state index is 9.09. The lowest BCUT2D eigenvalue weighted by molar-refractivity contribution is 0.182. The Bertz CT molecular complexity index is 270. The van der Waals surface area contributed by atoms with Crippen molar-refractivity contribution in [2.24, 2.45) is 0 Å². The second-order valence-electron chi connectivity index (χ2n) is 3.76. The fourth-order valence-corrected chi connectivity index (χ4v) is 1.42. The van der Waals surface area contributed by atoms with Gasteiger partial charge in [0, 0.05) is 17.3 Å². The van der Waals surface area contributed by atoms with Gasteiger partial charge in [0.2, 0.25) is 0 Å². The fraction of sp³-hybridized carbons (Fsp3) is 0.700. The quantitative estimate of drug-likeness (QED) is 0.663. The van der Waals surface area contributed by atoms with Crippen molar-refractivity contribution in [3.8, 4) is 0 Å². The van der Waals surface area contributed by atoms with Crippen molar-refractivity contribution in [2.45, 2.75) is 39.3 Å². The highest BCUT2D eigenvalue weighted by atomic mass is 16.3. The molecule has 4 nitrogen and oxygen atoms in total. The maximum absolute atomic E-state index is 9.09. The predicted octanol–water partition coefficient (Wildman–Crippen LogP) is 1.14. The Morgan fingerprint density at radius 3 is 2.79 bits per heavy atom. The zero-order chi connectivity index (χ0) is 10.6. The standard InChI is InChI=1S/C10H19N3O/c1-7(14)4-5-11-8(2)10-6-12-13-9(10)3/h6-8,11,14H,4-5H2,1-3H3,(H,12,13). The molecule has 14 heavy (non-hydrogen) atoms. The van der Waals surface area contributed by atoms with Crippen molar-refractivity contribution < 1.29 is 5.11 Å². The van der Waals surface area contributed by atoms with Gasteiger partial charge in [0.15, 0.2) is 0 Å². The number of H-pyrrole nitrogens is 1. The van der Waals surface area contributed by atoms with E-state index in [1.807, 2.05) is 13.1 Å². The Hall–Kier alpha value is -0.870. The molecule has 2 atom stereocenters. The van der Waals surface area contributed by atoms with Crippen LogP contribution in [0.1, 0.15) is 37.6 Å². The second-order valence-corrected chi connectivity index (χ2v) is 3.76. The number of nitrogens with one attached hydrogen (secondary N) is 2. The number of hydrogen-bond acceptors (Lipinski definition) is 3. The molecule has 1 rings (SSSR count). The fourth-order valence-electron chi connectivity index (χ4n) is 1.42. The minimum atomic E-state index is -0.236. The van der Waals surface area contributed by atoms with E-state index in [1.54, 1.807) is 6.92 Å². The molecule has 0 radical (unpaired) electrons. The lowest BCUT2D eigenvalue weighted by atomic mass is 10.1. The molecule has 2 unspecified atom stereocenters. The summed E-state index contributed by atoms with van der Waals surface area (Å²) in [6.07, 6.45) is 2.39. The third-order valence-electron chi connectivity index (χ3n) is 2.35. The lowest BCUT2D eigenvalue weighted by Gasteiger charge is -2.13. The first-order chi connectivity index (χ1) is 6.61. The third kappa shape index (κ3) is 3.12. The largest absolute Gasteiger partial charge is 0.393 e. The molecule has 1 heterocycles. The van der Waals surface area contributed by atoms with Crippen LogP contribution in [-0.4, -0.2) is 28.0 Å². The number of aromatic amines is 1. The van der Waals surface area contributed by atoms with Crippen LogP contribution in [0.4, 0.5) is 0 Å². The summed E-state index contributed by atoms with van der Waals surface area (Å²) in [5, 5.41) is 19.3. The average molecular weight is 197 g/mol. The summed E-state index contributed by atoms with van der Waals surface area (Å²) in [6, 6.07) is 0.285. The molecular formula is C10H19N3O. The highest BCUT2D eigenvalue weighted by Gasteiger charge is 2.09. The molecule has 0 fully saturated rings. The van der Waals surface area contributed by atoms with Gasteiger partial charge in [-0.25, -0.2) is 0 Å².